The summed E-state index contributed by atoms with van der Waals surface area (Å²) in [5.41, 5.74) is 5.15. The number of hydrogen-bond acceptors (Lipinski definition) is 4. The molecular weight excluding hydrogens is 442 g/mol. The second kappa shape index (κ2) is 11.7. The molecule has 0 bridgehead atoms. The predicted molar refractivity (Wildman–Crippen MR) is 143 cm³/mol. The zero-order valence-electron chi connectivity index (χ0n) is 20.2. The molecule has 3 rings (SSSR count). The summed E-state index contributed by atoms with van der Waals surface area (Å²) in [5, 5.41) is 3.15. The van der Waals surface area contributed by atoms with E-state index in [0.717, 1.165) is 16.7 Å². The number of nitrogens with one attached hydrogen (secondary N) is 2. The van der Waals surface area contributed by atoms with Crippen molar-refractivity contribution in [2.75, 3.05) is 30.5 Å². The molecule has 0 aliphatic rings. The normalized spacial score (nSPS) is 11.1. The minimum atomic E-state index is -0.224. The lowest BCUT2D eigenvalue weighted by molar-refractivity contribution is -0.114. The first-order valence-corrected chi connectivity index (χ1v) is 11.0. The summed E-state index contributed by atoms with van der Waals surface area (Å²) in [6, 6.07) is 14.8. The highest BCUT2D eigenvalue weighted by Gasteiger charge is 2.14. The number of ether oxygens (including phenoxy) is 1. The molecule has 1 amide bonds. The molecule has 0 radical (unpaired) electrons. The third kappa shape index (κ3) is 6.18. The Balaban J connectivity index is 1.88. The fourth-order valence-corrected chi connectivity index (χ4v) is 3.63. The van der Waals surface area contributed by atoms with Crippen LogP contribution in [0.15, 0.2) is 82.2 Å². The number of carbonyl (C=O) groups excluding carboxylic acids is 1. The van der Waals surface area contributed by atoms with Gasteiger partial charge in [0.2, 0.25) is 11.9 Å². The van der Waals surface area contributed by atoms with Gasteiger partial charge < -0.3 is 19.9 Å². The third-order valence-corrected chi connectivity index (χ3v) is 5.40. The van der Waals surface area contributed by atoms with Crippen LogP contribution in [-0.2, 0) is 9.53 Å². The van der Waals surface area contributed by atoms with Crippen molar-refractivity contribution in [3.05, 3.63) is 88.9 Å². The number of methoxy groups -OCH3 is 1. The Bertz CT molecular complexity index is 1330. The molecule has 2 N–H and O–H groups in total. The molecule has 8 nitrogen and oxygen atoms in total. The summed E-state index contributed by atoms with van der Waals surface area (Å²) in [6.45, 7) is 11.8. The maximum absolute atomic E-state index is 12.3. The van der Waals surface area contributed by atoms with Crippen LogP contribution in [0.3, 0.4) is 0 Å². The number of rotatable bonds is 8. The van der Waals surface area contributed by atoms with Gasteiger partial charge in [-0.15, -0.1) is 0 Å². The largest absolute Gasteiger partial charge is 0.383 e. The zero-order valence-corrected chi connectivity index (χ0v) is 20.2. The van der Waals surface area contributed by atoms with Gasteiger partial charge in [-0.2, -0.15) is 0 Å². The summed E-state index contributed by atoms with van der Waals surface area (Å²) in [4.78, 5) is 37.5. The van der Waals surface area contributed by atoms with E-state index in [9.17, 15) is 9.59 Å². The molecule has 0 atom stereocenters. The van der Waals surface area contributed by atoms with Crippen LogP contribution in [0.4, 0.5) is 17.1 Å². The Hall–Kier alpha value is -4.30. The summed E-state index contributed by atoms with van der Waals surface area (Å²) in [6.07, 6.45) is 2.91. The smallest absolute Gasteiger partial charge is 0.256 e. The molecule has 0 aliphatic carbocycles. The molecule has 0 aliphatic heterocycles. The number of aromatic amines is 1. The van der Waals surface area contributed by atoms with Crippen LogP contribution in [0.1, 0.15) is 11.1 Å². The van der Waals surface area contributed by atoms with Crippen molar-refractivity contribution < 1.29 is 9.53 Å². The van der Waals surface area contributed by atoms with Crippen LogP contribution >= 0.6 is 0 Å². The van der Waals surface area contributed by atoms with Gasteiger partial charge in [-0.1, -0.05) is 18.7 Å². The fraction of sp³-hybridized carbons (Fsp3) is 0.185. The van der Waals surface area contributed by atoms with Gasteiger partial charge in [0, 0.05) is 36.8 Å². The summed E-state index contributed by atoms with van der Waals surface area (Å²) in [7, 11) is 1.58. The number of aryl methyl sites for hydroxylation is 2. The van der Waals surface area contributed by atoms with E-state index in [0.29, 0.717) is 41.7 Å². The summed E-state index contributed by atoms with van der Waals surface area (Å²) in [5.74, 6) is 0.0726. The van der Waals surface area contributed by atoms with Gasteiger partial charge >= 0.3 is 0 Å². The topological polar surface area (TPSA) is 99.1 Å². The number of amides is 1. The van der Waals surface area contributed by atoms with Crippen LogP contribution in [0, 0.1) is 13.8 Å². The summed E-state index contributed by atoms with van der Waals surface area (Å²) >= 11 is 0. The second-order valence-corrected chi connectivity index (χ2v) is 7.82. The van der Waals surface area contributed by atoms with Gasteiger partial charge in [-0.3, -0.25) is 9.59 Å². The number of guanidine groups is 1. The van der Waals surface area contributed by atoms with Crippen LogP contribution in [-0.4, -0.2) is 43.8 Å². The Morgan fingerprint density at radius 2 is 1.97 bits per heavy atom. The Morgan fingerprint density at radius 3 is 2.63 bits per heavy atom. The molecule has 3 aromatic rings. The van der Waals surface area contributed by atoms with E-state index in [1.807, 2.05) is 62.4 Å². The molecule has 1 aromatic heterocycles. The van der Waals surface area contributed by atoms with Crippen molar-refractivity contribution >= 4 is 35.6 Å². The first-order chi connectivity index (χ1) is 16.9. The van der Waals surface area contributed by atoms with Crippen LogP contribution in [0.5, 0.6) is 0 Å². The number of aliphatic imine (C=N–C) groups is 2. The number of anilines is 2. The second-order valence-electron chi connectivity index (χ2n) is 7.82. The van der Waals surface area contributed by atoms with Crippen molar-refractivity contribution in [1.29, 1.82) is 0 Å². The number of hydrogen-bond donors (Lipinski definition) is 2. The van der Waals surface area contributed by atoms with Crippen LogP contribution in [0.2, 0.25) is 0 Å². The number of pyridine rings is 1. The molecule has 0 saturated carbocycles. The molecule has 0 unspecified atom stereocenters. The van der Waals surface area contributed by atoms with E-state index in [2.05, 4.69) is 33.6 Å². The van der Waals surface area contributed by atoms with Gasteiger partial charge in [0.25, 0.3) is 5.56 Å². The highest BCUT2D eigenvalue weighted by molar-refractivity contribution is 6.02. The van der Waals surface area contributed by atoms with E-state index in [-0.39, 0.29) is 11.5 Å². The Morgan fingerprint density at radius 1 is 1.17 bits per heavy atom. The van der Waals surface area contributed by atoms with Gasteiger partial charge in [0.05, 0.1) is 12.3 Å². The van der Waals surface area contributed by atoms with Gasteiger partial charge in [-0.25, -0.2) is 9.98 Å². The maximum Gasteiger partial charge on any atom is 0.256 e. The van der Waals surface area contributed by atoms with Gasteiger partial charge in [0.15, 0.2) is 0 Å². The maximum atomic E-state index is 12.3. The van der Waals surface area contributed by atoms with E-state index in [4.69, 9.17) is 4.74 Å². The number of aromatic nitrogens is 1. The highest BCUT2D eigenvalue weighted by atomic mass is 16.5. The van der Waals surface area contributed by atoms with E-state index in [1.165, 1.54) is 6.08 Å². The highest BCUT2D eigenvalue weighted by Crippen LogP contribution is 2.27. The average molecular weight is 472 g/mol. The number of benzene rings is 2. The van der Waals surface area contributed by atoms with Crippen molar-refractivity contribution in [2.24, 2.45) is 9.98 Å². The SMILES string of the molecule is C=CC(=O)N(CCOC)c1cccc(N/C(N=C)=N/c2ccc(-c3c(C)cc[nH]c3=O)cc2C)c1. The standard InChI is InChI=1S/C27H29N5O3/c1-6-24(33)32(14-15-35-5)22-9-7-8-21(17-22)30-27(28-4)31-23-11-10-20(16-19(23)3)25-18(2)12-13-29-26(25)34/h6-13,16-17H,1,4,14-15H2,2-3,5H3,(H,29,34)(H,30,31). The molecule has 0 spiro atoms. The average Bonchev–Trinajstić information content (AvgIpc) is 2.85. The predicted octanol–water partition coefficient (Wildman–Crippen LogP) is 4.62. The lowest BCUT2D eigenvalue weighted by Crippen LogP contribution is -2.32. The molecule has 1 heterocycles. The molecular formula is C27H29N5O3. The zero-order chi connectivity index (χ0) is 25.4. The van der Waals surface area contributed by atoms with E-state index >= 15 is 0 Å². The van der Waals surface area contributed by atoms with Crippen molar-refractivity contribution in [3.63, 3.8) is 0 Å². The third-order valence-electron chi connectivity index (χ3n) is 5.40. The summed E-state index contributed by atoms with van der Waals surface area (Å²) < 4.78 is 5.12. The lowest BCUT2D eigenvalue weighted by Gasteiger charge is -2.21. The minimum absolute atomic E-state index is 0.134. The van der Waals surface area contributed by atoms with Gasteiger partial charge in [0.1, 0.15) is 0 Å². The quantitative estimate of drug-likeness (QED) is 0.284. The molecule has 2 aromatic carbocycles. The Kier molecular flexibility index (Phi) is 8.48. The first kappa shape index (κ1) is 25.3. The molecule has 8 heteroatoms. The first-order valence-electron chi connectivity index (χ1n) is 11.0. The van der Waals surface area contributed by atoms with E-state index in [1.54, 1.807) is 18.2 Å². The molecule has 0 fully saturated rings. The van der Waals surface area contributed by atoms with Gasteiger partial charge in [-0.05, 0) is 79.7 Å². The van der Waals surface area contributed by atoms with Crippen LogP contribution < -0.4 is 15.8 Å². The van der Waals surface area contributed by atoms with Crippen molar-refractivity contribution in [3.8, 4) is 11.1 Å². The molecule has 180 valence electrons. The Labute approximate surface area is 204 Å². The number of nitrogens with zero attached hydrogens (tertiary/aromatic N) is 3. The minimum Gasteiger partial charge on any atom is -0.383 e. The van der Waals surface area contributed by atoms with E-state index < -0.39 is 0 Å². The molecule has 35 heavy (non-hydrogen) atoms. The van der Waals surface area contributed by atoms with Crippen LogP contribution in [0.25, 0.3) is 11.1 Å². The monoisotopic (exact) mass is 471 g/mol. The van der Waals surface area contributed by atoms with Crippen molar-refractivity contribution in [1.82, 2.24) is 4.98 Å². The lowest BCUT2D eigenvalue weighted by atomic mass is 10.0. The fourth-order valence-electron chi connectivity index (χ4n) is 3.63. The molecule has 0 saturated heterocycles. The van der Waals surface area contributed by atoms with Crippen molar-refractivity contribution in [2.45, 2.75) is 13.8 Å². The number of carbonyl (C=O) groups is 1. The number of H-pyrrole nitrogens is 1.